The largest absolute Gasteiger partial charge is 0.481 e. The molecule has 3 nitrogen and oxygen atoms in total. The molecule has 196 valence electrons. The lowest BCUT2D eigenvalue weighted by molar-refractivity contribution is -0.884. The van der Waals surface area contributed by atoms with Crippen LogP contribution in [-0.4, -0.2) is 36.7 Å². The van der Waals surface area contributed by atoms with Gasteiger partial charge in [-0.1, -0.05) is 68.0 Å². The van der Waals surface area contributed by atoms with Crippen molar-refractivity contribution in [2.24, 2.45) is 16.7 Å². The van der Waals surface area contributed by atoms with Crippen molar-refractivity contribution in [1.29, 1.82) is 0 Å². The fraction of sp³-hybridized carbons (Fsp3) is 0.594. The summed E-state index contributed by atoms with van der Waals surface area (Å²) in [6.45, 7) is 21.9. The quantitative estimate of drug-likeness (QED) is 0.201. The molecule has 0 radical (unpaired) electrons. The molecule has 1 aromatic carbocycles. The zero-order valence-corrected chi connectivity index (χ0v) is 24.1. The minimum absolute atomic E-state index is 0.0264. The molecular formula is C32H52NO2+. The van der Waals surface area contributed by atoms with Crippen molar-refractivity contribution in [1.82, 2.24) is 0 Å². The van der Waals surface area contributed by atoms with E-state index in [4.69, 9.17) is 0 Å². The average Bonchev–Trinajstić information content (AvgIpc) is 2.75. The van der Waals surface area contributed by atoms with Gasteiger partial charge in [-0.3, -0.25) is 4.79 Å². The van der Waals surface area contributed by atoms with Crippen LogP contribution in [0.15, 0.2) is 60.7 Å². The highest BCUT2D eigenvalue weighted by atomic mass is 16.4. The molecule has 0 aliphatic carbocycles. The van der Waals surface area contributed by atoms with Crippen LogP contribution in [0.4, 0.5) is 0 Å². The van der Waals surface area contributed by atoms with Crippen molar-refractivity contribution in [3.63, 3.8) is 0 Å². The van der Waals surface area contributed by atoms with Crippen LogP contribution >= 0.6 is 0 Å². The lowest BCUT2D eigenvalue weighted by atomic mass is 9.70. The van der Waals surface area contributed by atoms with Crippen molar-refractivity contribution in [3.05, 3.63) is 71.8 Å². The predicted octanol–water partition coefficient (Wildman–Crippen LogP) is 8.39. The fourth-order valence-corrected chi connectivity index (χ4v) is 4.65. The van der Waals surface area contributed by atoms with Crippen molar-refractivity contribution >= 4 is 5.97 Å². The van der Waals surface area contributed by atoms with Crippen LogP contribution in [0, 0.1) is 16.7 Å². The average molecular weight is 483 g/mol. The number of hydrogen-bond acceptors (Lipinski definition) is 1. The second-order valence-electron chi connectivity index (χ2n) is 12.7. The molecule has 0 bridgehead atoms. The third kappa shape index (κ3) is 10.6. The van der Waals surface area contributed by atoms with E-state index in [2.05, 4.69) is 98.4 Å². The number of rotatable bonds is 15. The van der Waals surface area contributed by atoms with E-state index < -0.39 is 11.4 Å². The number of aliphatic carboxylic acids is 1. The second-order valence-corrected chi connectivity index (χ2v) is 12.7. The molecule has 3 heteroatoms. The molecule has 1 aromatic rings. The van der Waals surface area contributed by atoms with Crippen LogP contribution in [0.25, 0.3) is 0 Å². The van der Waals surface area contributed by atoms with E-state index in [1.54, 1.807) is 0 Å². The maximum atomic E-state index is 12.0. The zero-order valence-electron chi connectivity index (χ0n) is 24.1. The van der Waals surface area contributed by atoms with Gasteiger partial charge in [0, 0.05) is 5.56 Å². The topological polar surface area (TPSA) is 37.3 Å². The number of hydrogen-bond donors (Lipinski definition) is 1. The molecule has 0 aliphatic heterocycles. The van der Waals surface area contributed by atoms with Gasteiger partial charge in [0.15, 0.2) is 0 Å². The van der Waals surface area contributed by atoms with E-state index in [0.29, 0.717) is 6.42 Å². The Balaban J connectivity index is 3.29. The highest BCUT2D eigenvalue weighted by Crippen LogP contribution is 2.42. The lowest BCUT2D eigenvalue weighted by Crippen LogP contribution is -2.33. The van der Waals surface area contributed by atoms with Gasteiger partial charge in [-0.2, -0.15) is 0 Å². The van der Waals surface area contributed by atoms with Crippen LogP contribution in [0.1, 0.15) is 90.7 Å². The first-order valence-corrected chi connectivity index (χ1v) is 13.1. The number of benzene rings is 1. The lowest BCUT2D eigenvalue weighted by Gasteiger charge is -2.34. The van der Waals surface area contributed by atoms with Gasteiger partial charge in [0.05, 0.1) is 26.6 Å². The summed E-state index contributed by atoms with van der Waals surface area (Å²) < 4.78 is 0.874. The molecule has 1 rings (SSSR count). The van der Waals surface area contributed by atoms with Gasteiger partial charge in [-0.25, -0.2) is 0 Å². The first kappa shape index (κ1) is 30.9. The monoisotopic (exact) mass is 482 g/mol. The summed E-state index contributed by atoms with van der Waals surface area (Å²) in [6, 6.07) is 8.84. The van der Waals surface area contributed by atoms with Gasteiger partial charge in [-0.05, 0) is 82.6 Å². The fourth-order valence-electron chi connectivity index (χ4n) is 4.65. The Morgan fingerprint density at radius 2 is 1.66 bits per heavy atom. The van der Waals surface area contributed by atoms with Crippen molar-refractivity contribution in [3.8, 4) is 0 Å². The summed E-state index contributed by atoms with van der Waals surface area (Å²) in [5, 5.41) is 9.88. The summed E-state index contributed by atoms with van der Waals surface area (Å²) in [5.74, 6) is -0.316. The van der Waals surface area contributed by atoms with Gasteiger partial charge < -0.3 is 9.59 Å². The van der Waals surface area contributed by atoms with Crippen molar-refractivity contribution in [2.45, 2.75) is 86.1 Å². The standard InChI is InChI=1S/C32H51NO2/c1-12-25(5)18-19-32(8,13-2)22-28(24(3)4)20-29(21-31(6,7)30(34)35)27-16-14-26(15-17-27)23-33(9,10)11/h13-18,28-29H,2-3,12,19-23H2,1,4-11H3/p+1/b25-18+. The molecule has 3 unspecified atom stereocenters. The van der Waals surface area contributed by atoms with E-state index >= 15 is 0 Å². The van der Waals surface area contributed by atoms with Crippen LogP contribution in [0.2, 0.25) is 0 Å². The number of nitrogens with zero attached hydrogens (tertiary/aromatic N) is 1. The SMILES string of the molecule is C=CC(C)(C/C=C(\C)CC)CC(CC(CC(C)(C)C(=O)O)c1ccc(C[N+](C)(C)C)cc1)C(=C)C. The first-order chi connectivity index (χ1) is 16.0. The Bertz CT molecular complexity index is 885. The maximum Gasteiger partial charge on any atom is 0.309 e. The molecule has 3 atom stereocenters. The molecule has 0 amide bonds. The number of carboxylic acids is 1. The van der Waals surface area contributed by atoms with Gasteiger partial charge in [0.25, 0.3) is 0 Å². The van der Waals surface area contributed by atoms with Crippen molar-refractivity contribution in [2.75, 3.05) is 21.1 Å². The van der Waals surface area contributed by atoms with Gasteiger partial charge >= 0.3 is 5.97 Å². The number of quaternary nitrogens is 1. The van der Waals surface area contributed by atoms with Crippen LogP contribution in [0.5, 0.6) is 0 Å². The molecule has 0 fully saturated rings. The highest BCUT2D eigenvalue weighted by molar-refractivity contribution is 5.73. The third-order valence-corrected chi connectivity index (χ3v) is 7.39. The van der Waals surface area contributed by atoms with Crippen molar-refractivity contribution < 1.29 is 14.4 Å². The molecule has 1 N–H and O–H groups in total. The third-order valence-electron chi connectivity index (χ3n) is 7.39. The molecule has 0 aromatic heterocycles. The molecule has 0 spiro atoms. The summed E-state index contributed by atoms with van der Waals surface area (Å²) in [4.78, 5) is 12.0. The maximum absolute atomic E-state index is 12.0. The number of allylic oxidation sites excluding steroid dienone is 4. The van der Waals surface area contributed by atoms with Crippen LogP contribution < -0.4 is 0 Å². The van der Waals surface area contributed by atoms with E-state index in [0.717, 1.165) is 42.3 Å². The molecule has 35 heavy (non-hydrogen) atoms. The summed E-state index contributed by atoms with van der Waals surface area (Å²) in [5.41, 5.74) is 4.26. The van der Waals surface area contributed by atoms with Gasteiger partial charge in [0.1, 0.15) is 6.54 Å². The molecule has 0 saturated heterocycles. The number of carboxylic acid groups (broad SMARTS) is 1. The first-order valence-electron chi connectivity index (χ1n) is 13.1. The van der Waals surface area contributed by atoms with E-state index in [1.165, 1.54) is 16.7 Å². The Morgan fingerprint density at radius 3 is 2.09 bits per heavy atom. The smallest absolute Gasteiger partial charge is 0.309 e. The number of carbonyl (C=O) groups is 1. The van der Waals surface area contributed by atoms with E-state index in [1.807, 2.05) is 13.8 Å². The Kier molecular flexibility index (Phi) is 11.2. The molecule has 0 heterocycles. The minimum atomic E-state index is -0.798. The van der Waals surface area contributed by atoms with E-state index in [-0.39, 0.29) is 17.3 Å². The molecule has 0 aliphatic rings. The Morgan fingerprint density at radius 1 is 1.09 bits per heavy atom. The summed E-state index contributed by atoms with van der Waals surface area (Å²) >= 11 is 0. The predicted molar refractivity (Wildman–Crippen MR) is 151 cm³/mol. The van der Waals surface area contributed by atoms with Crippen LogP contribution in [0.3, 0.4) is 0 Å². The highest BCUT2D eigenvalue weighted by Gasteiger charge is 2.34. The zero-order chi connectivity index (χ0) is 27.0. The normalized spacial score (nSPS) is 16.3. The molecular weight excluding hydrogens is 430 g/mol. The Labute approximate surface area is 216 Å². The summed E-state index contributed by atoms with van der Waals surface area (Å²) in [7, 11) is 6.58. The Hall–Kier alpha value is -2.13. The molecule has 0 saturated carbocycles. The minimum Gasteiger partial charge on any atom is -0.481 e. The second kappa shape index (κ2) is 12.7. The summed E-state index contributed by atoms with van der Waals surface area (Å²) in [6.07, 6.45) is 8.91. The van der Waals surface area contributed by atoms with Gasteiger partial charge in [-0.15, -0.1) is 6.58 Å². The van der Waals surface area contributed by atoms with Gasteiger partial charge in [0.2, 0.25) is 0 Å². The van der Waals surface area contributed by atoms with Crippen LogP contribution in [-0.2, 0) is 11.3 Å². The van der Waals surface area contributed by atoms with E-state index in [9.17, 15) is 9.90 Å².